The monoisotopic (exact) mass is 345 g/mol. The molecule has 3 rings (SSSR count). The first kappa shape index (κ1) is 18.0. The van der Waals surface area contributed by atoms with Crippen LogP contribution in [0.25, 0.3) is 0 Å². The number of hydrogen-bond acceptors (Lipinski definition) is 2. The normalized spacial score (nSPS) is 19.8. The average Bonchev–Trinajstić information content (AvgIpc) is 2.94. The Hall–Kier alpha value is -1.78. The summed E-state index contributed by atoms with van der Waals surface area (Å²) in [7, 11) is 0. The summed E-state index contributed by atoms with van der Waals surface area (Å²) in [5, 5.41) is 3.21. The second-order valence-corrected chi connectivity index (χ2v) is 7.85. The van der Waals surface area contributed by atoms with E-state index in [9.17, 15) is 9.59 Å². The fraction of sp³-hybridized carbons (Fsp3) is 0.700. The highest BCUT2D eigenvalue weighted by Gasteiger charge is 2.27. The first-order valence-electron chi connectivity index (χ1n) is 9.78. The van der Waals surface area contributed by atoms with Gasteiger partial charge in [0.15, 0.2) is 0 Å². The maximum Gasteiger partial charge on any atom is 0.270 e. The quantitative estimate of drug-likeness (QED) is 0.879. The molecule has 0 atom stereocenters. The molecule has 0 unspecified atom stereocenters. The highest BCUT2D eigenvalue weighted by Crippen LogP contribution is 2.23. The van der Waals surface area contributed by atoms with Gasteiger partial charge >= 0.3 is 0 Å². The van der Waals surface area contributed by atoms with Crippen molar-refractivity contribution >= 4 is 11.8 Å². The van der Waals surface area contributed by atoms with Crippen molar-refractivity contribution < 1.29 is 9.59 Å². The molecule has 25 heavy (non-hydrogen) atoms. The summed E-state index contributed by atoms with van der Waals surface area (Å²) in [6.07, 6.45) is 8.50. The number of nitrogens with one attached hydrogen (secondary N) is 2. The van der Waals surface area contributed by atoms with Crippen molar-refractivity contribution in [2.45, 2.75) is 71.3 Å². The van der Waals surface area contributed by atoms with Crippen LogP contribution in [0.3, 0.4) is 0 Å². The number of aromatic nitrogens is 1. The van der Waals surface area contributed by atoms with E-state index in [4.69, 9.17) is 0 Å². The van der Waals surface area contributed by atoms with Crippen molar-refractivity contribution in [1.29, 1.82) is 0 Å². The van der Waals surface area contributed by atoms with E-state index in [1.165, 1.54) is 19.3 Å². The van der Waals surface area contributed by atoms with E-state index in [1.54, 1.807) is 0 Å². The Labute approximate surface area is 150 Å². The van der Waals surface area contributed by atoms with Gasteiger partial charge in [-0.25, -0.2) is 0 Å². The van der Waals surface area contributed by atoms with Gasteiger partial charge in [-0.05, 0) is 57.1 Å². The second-order valence-electron chi connectivity index (χ2n) is 7.85. The lowest BCUT2D eigenvalue weighted by Gasteiger charge is -2.32. The number of H-pyrrole nitrogens is 1. The number of aryl methyl sites for hydroxylation is 2. The fourth-order valence-electron chi connectivity index (χ4n) is 4.24. The number of rotatable bonds is 4. The predicted molar refractivity (Wildman–Crippen MR) is 98.5 cm³/mol. The van der Waals surface area contributed by atoms with Gasteiger partial charge in [-0.2, -0.15) is 0 Å². The Morgan fingerprint density at radius 3 is 2.40 bits per heavy atom. The van der Waals surface area contributed by atoms with E-state index in [1.807, 2.05) is 24.8 Å². The first-order valence-corrected chi connectivity index (χ1v) is 9.78. The summed E-state index contributed by atoms with van der Waals surface area (Å²) in [4.78, 5) is 30.0. The van der Waals surface area contributed by atoms with Crippen LogP contribution in [0.15, 0.2) is 6.07 Å². The maximum absolute atomic E-state index is 12.6. The van der Waals surface area contributed by atoms with Crippen LogP contribution in [0.1, 0.15) is 73.1 Å². The summed E-state index contributed by atoms with van der Waals surface area (Å²) in [6, 6.07) is 2.40. The molecule has 2 amide bonds. The summed E-state index contributed by atoms with van der Waals surface area (Å²) < 4.78 is 0. The lowest BCUT2D eigenvalue weighted by atomic mass is 9.91. The minimum atomic E-state index is 0.0932. The van der Waals surface area contributed by atoms with Gasteiger partial charge in [0.2, 0.25) is 5.91 Å². The number of piperidine rings is 1. The molecule has 5 heteroatoms. The molecule has 2 heterocycles. The number of carbonyl (C=O) groups is 2. The van der Waals surface area contributed by atoms with Crippen molar-refractivity contribution in [2.24, 2.45) is 5.92 Å². The molecule has 1 aliphatic heterocycles. The number of likely N-dealkylation sites (tertiary alicyclic amines) is 1. The third-order valence-electron chi connectivity index (χ3n) is 5.71. The smallest absolute Gasteiger partial charge is 0.270 e. The third-order valence-corrected chi connectivity index (χ3v) is 5.71. The van der Waals surface area contributed by atoms with Gasteiger partial charge in [0.05, 0.1) is 0 Å². The minimum Gasteiger partial charge on any atom is -0.354 e. The maximum atomic E-state index is 12.6. The van der Waals surface area contributed by atoms with E-state index in [0.717, 1.165) is 50.0 Å². The third kappa shape index (κ3) is 4.65. The number of carbonyl (C=O) groups excluding carboxylic acids is 2. The summed E-state index contributed by atoms with van der Waals surface area (Å²) in [5.41, 5.74) is 2.75. The van der Waals surface area contributed by atoms with Crippen LogP contribution < -0.4 is 5.32 Å². The topological polar surface area (TPSA) is 65.2 Å². The Morgan fingerprint density at radius 2 is 1.80 bits per heavy atom. The Kier molecular flexibility index (Phi) is 5.82. The summed E-state index contributed by atoms with van der Waals surface area (Å²) in [6.45, 7) is 5.44. The molecule has 5 nitrogen and oxygen atoms in total. The molecule has 0 radical (unpaired) electrons. The van der Waals surface area contributed by atoms with E-state index >= 15 is 0 Å². The average molecular weight is 345 g/mol. The SMILES string of the molecule is Cc1cc(C)c(C(=O)N2CCC(CC(=O)NC3CCCCC3)CC2)[nH]1. The predicted octanol–water partition coefficient (Wildman–Crippen LogP) is 3.32. The minimum absolute atomic E-state index is 0.0932. The number of nitrogens with zero attached hydrogens (tertiary/aromatic N) is 1. The van der Waals surface area contributed by atoms with Crippen LogP contribution in [0.4, 0.5) is 0 Å². The van der Waals surface area contributed by atoms with E-state index in [0.29, 0.717) is 24.1 Å². The van der Waals surface area contributed by atoms with Gasteiger partial charge < -0.3 is 15.2 Å². The van der Waals surface area contributed by atoms with Crippen LogP contribution in [0.5, 0.6) is 0 Å². The Morgan fingerprint density at radius 1 is 1.12 bits per heavy atom. The number of hydrogen-bond donors (Lipinski definition) is 2. The molecule has 0 spiro atoms. The van der Waals surface area contributed by atoms with Gasteiger partial charge in [-0.3, -0.25) is 9.59 Å². The van der Waals surface area contributed by atoms with Crippen molar-refractivity contribution in [3.8, 4) is 0 Å². The zero-order valence-corrected chi connectivity index (χ0v) is 15.6. The number of amides is 2. The molecule has 1 saturated carbocycles. The van der Waals surface area contributed by atoms with Crippen LogP contribution in [-0.4, -0.2) is 40.8 Å². The van der Waals surface area contributed by atoms with E-state index in [-0.39, 0.29) is 11.8 Å². The molecule has 0 aromatic carbocycles. The van der Waals surface area contributed by atoms with Gasteiger partial charge in [0.25, 0.3) is 5.91 Å². The lowest BCUT2D eigenvalue weighted by molar-refractivity contribution is -0.123. The highest BCUT2D eigenvalue weighted by molar-refractivity contribution is 5.94. The van der Waals surface area contributed by atoms with Crippen molar-refractivity contribution in [1.82, 2.24) is 15.2 Å². The molecular weight excluding hydrogens is 314 g/mol. The molecule has 1 aliphatic carbocycles. The molecule has 138 valence electrons. The van der Waals surface area contributed by atoms with E-state index in [2.05, 4.69) is 10.3 Å². The largest absolute Gasteiger partial charge is 0.354 e. The van der Waals surface area contributed by atoms with E-state index < -0.39 is 0 Å². The second kappa shape index (κ2) is 8.07. The van der Waals surface area contributed by atoms with Crippen molar-refractivity contribution in [3.05, 3.63) is 23.0 Å². The van der Waals surface area contributed by atoms with Gasteiger partial charge in [0.1, 0.15) is 5.69 Å². The Bertz CT molecular complexity index is 608. The Balaban J connectivity index is 1.44. The first-order chi connectivity index (χ1) is 12.0. The molecule has 1 saturated heterocycles. The standard InChI is InChI=1S/C20H31N3O2/c1-14-12-15(2)21-19(14)20(25)23-10-8-16(9-11-23)13-18(24)22-17-6-4-3-5-7-17/h12,16-17,21H,3-11,13H2,1-2H3,(H,22,24). The van der Waals surface area contributed by atoms with Crippen LogP contribution >= 0.6 is 0 Å². The summed E-state index contributed by atoms with van der Waals surface area (Å²) in [5.74, 6) is 0.697. The van der Waals surface area contributed by atoms with Crippen LogP contribution in [0, 0.1) is 19.8 Å². The summed E-state index contributed by atoms with van der Waals surface area (Å²) >= 11 is 0. The van der Waals surface area contributed by atoms with Gasteiger partial charge in [-0.1, -0.05) is 19.3 Å². The van der Waals surface area contributed by atoms with Crippen LogP contribution in [-0.2, 0) is 4.79 Å². The highest BCUT2D eigenvalue weighted by atomic mass is 16.2. The fourth-order valence-corrected chi connectivity index (χ4v) is 4.24. The zero-order chi connectivity index (χ0) is 17.8. The lowest BCUT2D eigenvalue weighted by Crippen LogP contribution is -2.41. The molecule has 0 bridgehead atoms. The molecular formula is C20H31N3O2. The zero-order valence-electron chi connectivity index (χ0n) is 15.6. The van der Waals surface area contributed by atoms with Gasteiger partial charge in [0, 0.05) is 31.2 Å². The van der Waals surface area contributed by atoms with Crippen molar-refractivity contribution in [3.63, 3.8) is 0 Å². The molecule has 2 aliphatic rings. The van der Waals surface area contributed by atoms with Gasteiger partial charge in [-0.15, -0.1) is 0 Å². The molecule has 2 fully saturated rings. The van der Waals surface area contributed by atoms with Crippen molar-refractivity contribution in [2.75, 3.05) is 13.1 Å². The molecule has 2 N–H and O–H groups in total. The molecule has 1 aromatic heterocycles. The molecule has 1 aromatic rings. The number of aromatic amines is 1. The van der Waals surface area contributed by atoms with Crippen LogP contribution in [0.2, 0.25) is 0 Å².